The van der Waals surface area contributed by atoms with Crippen LogP contribution in [-0.2, 0) is 22.6 Å². The minimum absolute atomic E-state index is 0.195. The van der Waals surface area contributed by atoms with Gasteiger partial charge in [0.1, 0.15) is 5.54 Å². The van der Waals surface area contributed by atoms with Crippen LogP contribution in [0.5, 0.6) is 0 Å². The third-order valence-electron chi connectivity index (χ3n) is 7.20. The number of hydrogen-bond donors (Lipinski definition) is 2. The van der Waals surface area contributed by atoms with E-state index in [2.05, 4.69) is 16.0 Å². The quantitative estimate of drug-likeness (QED) is 0.546. The summed E-state index contributed by atoms with van der Waals surface area (Å²) < 4.78 is 6.80. The van der Waals surface area contributed by atoms with E-state index < -0.39 is 16.1 Å². The summed E-state index contributed by atoms with van der Waals surface area (Å²) >= 11 is 0. The highest BCUT2D eigenvalue weighted by atomic mass is 16.5. The van der Waals surface area contributed by atoms with Gasteiger partial charge in [-0.3, -0.25) is 0 Å². The summed E-state index contributed by atoms with van der Waals surface area (Å²) in [5.74, 6) is -0.599. The fraction of sp³-hybridized carbons (Fsp3) is 0.542. The number of likely N-dealkylation sites (tertiary alicyclic amines) is 1. The van der Waals surface area contributed by atoms with Gasteiger partial charge < -0.3 is 19.7 Å². The molecule has 4 rings (SSSR count). The first-order valence-corrected chi connectivity index (χ1v) is 11.2. The standard InChI is InChI=1S/C24H31N3O5/c1-5-32-21(29)17-7-6-16-10-18-13-25-14-24(15-26(18)19(16)11-17)8-9-27(22(30)31,20(28)12-24)23(2,3)4/h6-7,10-11,25H,5,8-9,12-15H2,1-4H3/p+1. The molecule has 0 saturated carbocycles. The molecule has 0 aliphatic carbocycles. The van der Waals surface area contributed by atoms with Gasteiger partial charge in [-0.15, -0.1) is 0 Å². The van der Waals surface area contributed by atoms with Crippen LogP contribution in [0.1, 0.15) is 56.6 Å². The van der Waals surface area contributed by atoms with Crippen molar-refractivity contribution in [3.63, 3.8) is 0 Å². The van der Waals surface area contributed by atoms with E-state index in [0.717, 1.165) is 16.6 Å². The molecule has 2 aliphatic rings. The number of nitrogens with zero attached hydrogens (tertiary/aromatic N) is 2. The Kier molecular flexibility index (Phi) is 5.41. The van der Waals surface area contributed by atoms with Crippen LogP contribution in [0.25, 0.3) is 10.9 Å². The van der Waals surface area contributed by atoms with Gasteiger partial charge in [0.25, 0.3) is 0 Å². The lowest BCUT2D eigenvalue weighted by Gasteiger charge is -2.48. The molecule has 1 spiro atoms. The zero-order valence-corrected chi connectivity index (χ0v) is 19.2. The monoisotopic (exact) mass is 442 g/mol. The molecule has 2 aliphatic heterocycles. The maximum absolute atomic E-state index is 13.4. The molecule has 2 aromatic rings. The molecule has 2 amide bonds. The first-order chi connectivity index (χ1) is 15.0. The molecule has 1 fully saturated rings. The van der Waals surface area contributed by atoms with E-state index in [-0.39, 0.29) is 30.3 Å². The van der Waals surface area contributed by atoms with Gasteiger partial charge in [-0.1, -0.05) is 6.07 Å². The van der Waals surface area contributed by atoms with Crippen molar-refractivity contribution in [2.24, 2.45) is 5.41 Å². The predicted octanol–water partition coefficient (Wildman–Crippen LogP) is 3.52. The van der Waals surface area contributed by atoms with E-state index in [1.165, 1.54) is 0 Å². The fourth-order valence-corrected chi connectivity index (χ4v) is 5.39. The highest BCUT2D eigenvalue weighted by Crippen LogP contribution is 2.43. The molecule has 1 saturated heterocycles. The van der Waals surface area contributed by atoms with Crippen molar-refractivity contribution in [3.05, 3.63) is 35.5 Å². The number of quaternary nitrogens is 1. The second kappa shape index (κ2) is 7.71. The maximum atomic E-state index is 13.4. The third-order valence-corrected chi connectivity index (χ3v) is 7.20. The van der Waals surface area contributed by atoms with Crippen molar-refractivity contribution in [1.29, 1.82) is 0 Å². The topological polar surface area (TPSA) is 97.6 Å². The van der Waals surface area contributed by atoms with Crippen LogP contribution in [-0.4, -0.2) is 57.4 Å². The van der Waals surface area contributed by atoms with Crippen molar-refractivity contribution in [2.45, 2.75) is 59.2 Å². The molecule has 8 heteroatoms. The number of carbonyl (C=O) groups is 3. The smallest absolute Gasteiger partial charge is 0.462 e. The number of ether oxygens (including phenoxy) is 1. The molecular weight excluding hydrogens is 410 g/mol. The van der Waals surface area contributed by atoms with E-state index >= 15 is 0 Å². The second-order valence-corrected chi connectivity index (χ2v) is 10.1. The summed E-state index contributed by atoms with van der Waals surface area (Å²) in [4.78, 5) is 37.9. The number of aromatic nitrogens is 1. The number of imide groups is 1. The summed E-state index contributed by atoms with van der Waals surface area (Å²) in [6, 6.07) is 7.66. The van der Waals surface area contributed by atoms with E-state index in [1.54, 1.807) is 13.0 Å². The number of carboxylic acid groups (broad SMARTS) is 1. The van der Waals surface area contributed by atoms with Crippen LogP contribution in [0.4, 0.5) is 4.79 Å². The highest BCUT2D eigenvalue weighted by molar-refractivity contribution is 5.95. The number of benzene rings is 1. The molecule has 2 N–H and O–H groups in total. The van der Waals surface area contributed by atoms with Gasteiger partial charge in [-0.25, -0.2) is 9.59 Å². The van der Waals surface area contributed by atoms with Crippen LogP contribution in [0.15, 0.2) is 24.3 Å². The largest absolute Gasteiger partial charge is 0.521 e. The van der Waals surface area contributed by atoms with Crippen LogP contribution < -0.4 is 5.32 Å². The first-order valence-electron chi connectivity index (χ1n) is 11.2. The molecular formula is C24H32N3O5+. The number of fused-ring (bicyclic) bond motifs is 3. The predicted molar refractivity (Wildman–Crippen MR) is 119 cm³/mol. The zero-order valence-electron chi connectivity index (χ0n) is 19.2. The minimum atomic E-state index is -1.08. The molecule has 0 bridgehead atoms. The van der Waals surface area contributed by atoms with Gasteiger partial charge >= 0.3 is 18.0 Å². The highest BCUT2D eigenvalue weighted by Gasteiger charge is 2.60. The molecule has 2 atom stereocenters. The molecule has 1 aromatic heterocycles. The molecule has 32 heavy (non-hydrogen) atoms. The number of esters is 1. The van der Waals surface area contributed by atoms with Crippen LogP contribution in [0.2, 0.25) is 0 Å². The van der Waals surface area contributed by atoms with Crippen LogP contribution >= 0.6 is 0 Å². The van der Waals surface area contributed by atoms with Gasteiger partial charge in [-0.05, 0) is 51.3 Å². The van der Waals surface area contributed by atoms with Crippen molar-refractivity contribution in [2.75, 3.05) is 19.7 Å². The Morgan fingerprint density at radius 3 is 2.66 bits per heavy atom. The summed E-state index contributed by atoms with van der Waals surface area (Å²) in [7, 11) is 0. The normalized spacial score (nSPS) is 26.1. The Hall–Kier alpha value is -2.71. The Morgan fingerprint density at radius 1 is 1.28 bits per heavy atom. The van der Waals surface area contributed by atoms with E-state index in [1.807, 2.05) is 32.9 Å². The molecule has 172 valence electrons. The van der Waals surface area contributed by atoms with Crippen LogP contribution in [0.3, 0.4) is 0 Å². The molecule has 2 unspecified atom stereocenters. The van der Waals surface area contributed by atoms with Gasteiger partial charge in [0.15, 0.2) is 0 Å². The van der Waals surface area contributed by atoms with Crippen molar-refractivity contribution in [3.8, 4) is 0 Å². The summed E-state index contributed by atoms with van der Waals surface area (Å²) in [5, 5.41) is 14.5. The van der Waals surface area contributed by atoms with Gasteiger partial charge in [0, 0.05) is 42.7 Å². The number of carbonyl (C=O) groups excluding carboxylic acids is 2. The van der Waals surface area contributed by atoms with Gasteiger partial charge in [0.05, 0.1) is 25.1 Å². The Balaban J connectivity index is 1.71. The second-order valence-electron chi connectivity index (χ2n) is 10.1. The SMILES string of the molecule is CCOC(=O)c1ccc2cc3n(c2c1)CC1(CC[N+](C(=O)O)(C(C)(C)C)C(=O)C1)CNC3. The fourth-order valence-electron chi connectivity index (χ4n) is 5.39. The average molecular weight is 443 g/mol. The Morgan fingerprint density at radius 2 is 2.03 bits per heavy atom. The van der Waals surface area contributed by atoms with Crippen molar-refractivity contribution >= 4 is 28.9 Å². The molecule has 3 heterocycles. The lowest BCUT2D eigenvalue weighted by atomic mass is 9.75. The maximum Gasteiger partial charge on any atom is 0.521 e. The van der Waals surface area contributed by atoms with Gasteiger partial charge in [-0.2, -0.15) is 9.28 Å². The third kappa shape index (κ3) is 3.42. The number of rotatable bonds is 2. The Labute approximate surface area is 187 Å². The first kappa shape index (κ1) is 22.5. The zero-order chi connectivity index (χ0) is 23.3. The van der Waals surface area contributed by atoms with E-state index in [9.17, 15) is 19.5 Å². The van der Waals surface area contributed by atoms with Crippen molar-refractivity contribution < 1.29 is 28.7 Å². The molecule has 0 radical (unpaired) electrons. The average Bonchev–Trinajstić information content (AvgIpc) is 2.93. The minimum Gasteiger partial charge on any atom is -0.462 e. The van der Waals surface area contributed by atoms with Crippen molar-refractivity contribution in [1.82, 2.24) is 9.88 Å². The van der Waals surface area contributed by atoms with Gasteiger partial charge in [0.2, 0.25) is 0 Å². The lowest BCUT2D eigenvalue weighted by molar-refractivity contribution is -0.837. The van der Waals surface area contributed by atoms with Crippen LogP contribution in [0, 0.1) is 5.41 Å². The summed E-state index contributed by atoms with van der Waals surface area (Å²) in [5.41, 5.74) is 1.42. The number of hydrogen-bond acceptors (Lipinski definition) is 5. The number of piperidine rings is 1. The Bertz CT molecular complexity index is 1100. The number of amides is 2. The molecule has 1 aromatic carbocycles. The summed E-state index contributed by atoms with van der Waals surface area (Å²) in [6.45, 7) is 9.70. The van der Waals surface area contributed by atoms with E-state index in [4.69, 9.17) is 4.74 Å². The molecule has 8 nitrogen and oxygen atoms in total. The number of nitrogens with one attached hydrogen (secondary N) is 1. The summed E-state index contributed by atoms with van der Waals surface area (Å²) in [6.07, 6.45) is -0.267. The van der Waals surface area contributed by atoms with E-state index in [0.29, 0.717) is 38.2 Å². The lowest BCUT2D eigenvalue weighted by Crippen LogP contribution is -2.70.